The van der Waals surface area contributed by atoms with Crippen molar-refractivity contribution in [3.05, 3.63) is 15.6 Å². The highest BCUT2D eigenvalue weighted by Gasteiger charge is 2.33. The van der Waals surface area contributed by atoms with Crippen LogP contribution in [0.4, 0.5) is 0 Å². The van der Waals surface area contributed by atoms with Crippen LogP contribution in [0.5, 0.6) is 0 Å². The number of hydrogen-bond donors (Lipinski definition) is 1. The molecular formula is C14H24N2S. The minimum absolute atomic E-state index is 0.207. The van der Waals surface area contributed by atoms with Gasteiger partial charge in [-0.1, -0.05) is 27.7 Å². The second kappa shape index (κ2) is 4.69. The second-order valence-corrected chi connectivity index (χ2v) is 7.62. The van der Waals surface area contributed by atoms with Crippen molar-refractivity contribution in [3.8, 4) is 0 Å². The van der Waals surface area contributed by atoms with E-state index in [1.54, 1.807) is 0 Å². The van der Waals surface area contributed by atoms with E-state index in [1.165, 1.54) is 22.0 Å². The van der Waals surface area contributed by atoms with Gasteiger partial charge in [0.05, 0.1) is 10.7 Å². The molecule has 1 atom stereocenters. The molecule has 0 amide bonds. The van der Waals surface area contributed by atoms with Crippen LogP contribution in [0.3, 0.4) is 0 Å². The average molecular weight is 252 g/mol. The van der Waals surface area contributed by atoms with Crippen molar-refractivity contribution in [2.45, 2.75) is 59.4 Å². The SMILES string of the molecule is CC(C)CCc1nc2c(s1)C(N)CC(C)(C)C2. The number of nitrogens with two attached hydrogens (primary N) is 1. The van der Waals surface area contributed by atoms with E-state index in [2.05, 4.69) is 27.7 Å². The fourth-order valence-corrected chi connectivity index (χ4v) is 3.66. The monoisotopic (exact) mass is 252 g/mol. The molecule has 2 rings (SSSR count). The first kappa shape index (κ1) is 13.0. The Balaban J connectivity index is 2.15. The number of nitrogens with zero attached hydrogens (tertiary/aromatic N) is 1. The summed E-state index contributed by atoms with van der Waals surface area (Å²) in [5, 5.41) is 1.29. The van der Waals surface area contributed by atoms with Gasteiger partial charge in [0.15, 0.2) is 0 Å². The summed E-state index contributed by atoms with van der Waals surface area (Å²) >= 11 is 1.85. The molecule has 0 saturated heterocycles. The van der Waals surface area contributed by atoms with E-state index in [-0.39, 0.29) is 6.04 Å². The quantitative estimate of drug-likeness (QED) is 0.890. The van der Waals surface area contributed by atoms with Crippen LogP contribution in [0.2, 0.25) is 0 Å². The number of thiazole rings is 1. The van der Waals surface area contributed by atoms with Crippen molar-refractivity contribution < 1.29 is 0 Å². The standard InChI is InChI=1S/C14H24N2S/c1-9(2)5-6-12-16-11-8-14(3,4)7-10(15)13(11)17-12/h9-10H,5-8,15H2,1-4H3. The third-order valence-electron chi connectivity index (χ3n) is 3.46. The molecule has 0 aromatic carbocycles. The molecule has 0 saturated carbocycles. The van der Waals surface area contributed by atoms with Crippen LogP contribution < -0.4 is 5.73 Å². The van der Waals surface area contributed by atoms with E-state index >= 15 is 0 Å². The molecule has 0 spiro atoms. The zero-order valence-electron chi connectivity index (χ0n) is 11.4. The molecule has 1 aromatic rings. The first-order chi connectivity index (χ1) is 7.87. The van der Waals surface area contributed by atoms with Crippen molar-refractivity contribution in [2.24, 2.45) is 17.1 Å². The Morgan fingerprint density at radius 1 is 1.47 bits per heavy atom. The Hall–Kier alpha value is -0.410. The van der Waals surface area contributed by atoms with E-state index in [4.69, 9.17) is 10.7 Å². The highest BCUT2D eigenvalue weighted by molar-refractivity contribution is 7.11. The molecule has 1 aliphatic carbocycles. The highest BCUT2D eigenvalue weighted by Crippen LogP contribution is 2.41. The van der Waals surface area contributed by atoms with Crippen LogP contribution in [0.25, 0.3) is 0 Å². The van der Waals surface area contributed by atoms with E-state index in [1.807, 2.05) is 11.3 Å². The Morgan fingerprint density at radius 2 is 2.18 bits per heavy atom. The zero-order chi connectivity index (χ0) is 12.6. The lowest BCUT2D eigenvalue weighted by Gasteiger charge is -2.32. The molecule has 1 aliphatic rings. The molecule has 0 aliphatic heterocycles. The summed E-state index contributed by atoms with van der Waals surface area (Å²) in [4.78, 5) is 6.16. The van der Waals surface area contributed by atoms with Crippen LogP contribution in [0.15, 0.2) is 0 Å². The van der Waals surface area contributed by atoms with E-state index < -0.39 is 0 Å². The van der Waals surface area contributed by atoms with Gasteiger partial charge < -0.3 is 5.73 Å². The lowest BCUT2D eigenvalue weighted by Crippen LogP contribution is -2.28. The number of aryl methyl sites for hydroxylation is 1. The van der Waals surface area contributed by atoms with Crippen LogP contribution in [0, 0.1) is 11.3 Å². The largest absolute Gasteiger partial charge is 0.323 e. The molecule has 1 heterocycles. The van der Waals surface area contributed by atoms with Gasteiger partial charge >= 0.3 is 0 Å². The summed E-state index contributed by atoms with van der Waals surface area (Å²) in [6, 6.07) is 0.207. The predicted molar refractivity (Wildman–Crippen MR) is 74.3 cm³/mol. The summed E-state index contributed by atoms with van der Waals surface area (Å²) in [5.41, 5.74) is 7.85. The maximum absolute atomic E-state index is 6.26. The summed E-state index contributed by atoms with van der Waals surface area (Å²) in [7, 11) is 0. The maximum atomic E-state index is 6.26. The van der Waals surface area contributed by atoms with Gasteiger partial charge in [-0.2, -0.15) is 0 Å². The first-order valence-corrected chi connectivity index (χ1v) is 7.43. The molecule has 1 unspecified atom stereocenters. The molecule has 1 aromatic heterocycles. The van der Waals surface area contributed by atoms with Crippen molar-refractivity contribution >= 4 is 11.3 Å². The minimum atomic E-state index is 0.207. The van der Waals surface area contributed by atoms with Crippen LogP contribution in [-0.4, -0.2) is 4.98 Å². The lowest BCUT2D eigenvalue weighted by atomic mass is 9.77. The molecule has 0 bridgehead atoms. The van der Waals surface area contributed by atoms with Crippen molar-refractivity contribution in [1.82, 2.24) is 4.98 Å². The number of aromatic nitrogens is 1. The molecule has 2 N–H and O–H groups in total. The van der Waals surface area contributed by atoms with Crippen LogP contribution in [-0.2, 0) is 12.8 Å². The molecule has 17 heavy (non-hydrogen) atoms. The second-order valence-electron chi connectivity index (χ2n) is 6.50. The van der Waals surface area contributed by atoms with Gasteiger partial charge in [-0.3, -0.25) is 0 Å². The molecule has 96 valence electrons. The van der Waals surface area contributed by atoms with Crippen molar-refractivity contribution in [1.29, 1.82) is 0 Å². The Labute approximate surface area is 109 Å². The molecule has 2 nitrogen and oxygen atoms in total. The topological polar surface area (TPSA) is 38.9 Å². The normalized spacial score (nSPS) is 22.8. The Kier molecular flexibility index (Phi) is 3.60. The predicted octanol–water partition coefficient (Wildman–Crippen LogP) is 3.70. The van der Waals surface area contributed by atoms with Gasteiger partial charge in [0.1, 0.15) is 0 Å². The number of hydrogen-bond acceptors (Lipinski definition) is 3. The Bertz CT molecular complexity index is 393. The summed E-state index contributed by atoms with van der Waals surface area (Å²) in [5.74, 6) is 0.751. The molecule has 0 radical (unpaired) electrons. The van der Waals surface area contributed by atoms with Gasteiger partial charge in [0, 0.05) is 10.9 Å². The highest BCUT2D eigenvalue weighted by atomic mass is 32.1. The van der Waals surface area contributed by atoms with Gasteiger partial charge in [-0.25, -0.2) is 4.98 Å². The summed E-state index contributed by atoms with van der Waals surface area (Å²) in [6.45, 7) is 9.12. The molecule has 3 heteroatoms. The number of rotatable bonds is 3. The van der Waals surface area contributed by atoms with Crippen LogP contribution in [0.1, 0.15) is 62.2 Å². The van der Waals surface area contributed by atoms with Gasteiger partial charge in [0.25, 0.3) is 0 Å². The van der Waals surface area contributed by atoms with E-state index in [9.17, 15) is 0 Å². The van der Waals surface area contributed by atoms with Gasteiger partial charge in [0.2, 0.25) is 0 Å². The third kappa shape index (κ3) is 3.08. The van der Waals surface area contributed by atoms with Gasteiger partial charge in [-0.15, -0.1) is 11.3 Å². The summed E-state index contributed by atoms with van der Waals surface area (Å²) in [6.07, 6.45) is 4.52. The zero-order valence-corrected chi connectivity index (χ0v) is 12.2. The van der Waals surface area contributed by atoms with E-state index in [0.717, 1.165) is 25.2 Å². The van der Waals surface area contributed by atoms with Crippen molar-refractivity contribution in [3.63, 3.8) is 0 Å². The Morgan fingerprint density at radius 3 is 2.82 bits per heavy atom. The fraction of sp³-hybridized carbons (Fsp3) is 0.786. The lowest BCUT2D eigenvalue weighted by molar-refractivity contribution is 0.282. The third-order valence-corrected chi connectivity index (χ3v) is 4.75. The summed E-state index contributed by atoms with van der Waals surface area (Å²) < 4.78 is 0. The minimum Gasteiger partial charge on any atom is -0.323 e. The molecule has 0 fully saturated rings. The smallest absolute Gasteiger partial charge is 0.0931 e. The maximum Gasteiger partial charge on any atom is 0.0931 e. The average Bonchev–Trinajstić information content (AvgIpc) is 2.56. The first-order valence-electron chi connectivity index (χ1n) is 6.61. The van der Waals surface area contributed by atoms with Crippen molar-refractivity contribution in [2.75, 3.05) is 0 Å². The van der Waals surface area contributed by atoms with Gasteiger partial charge in [-0.05, 0) is 37.0 Å². The number of fused-ring (bicyclic) bond motifs is 1. The molecular weight excluding hydrogens is 228 g/mol. The van der Waals surface area contributed by atoms with E-state index in [0.29, 0.717) is 5.41 Å². The fourth-order valence-electron chi connectivity index (χ4n) is 2.56. The van der Waals surface area contributed by atoms with Crippen LogP contribution >= 0.6 is 11.3 Å².